The summed E-state index contributed by atoms with van der Waals surface area (Å²) in [4.78, 5) is 35.5. The molecule has 0 radical (unpaired) electrons. The molecule has 0 aliphatic heterocycles. The Morgan fingerprint density at radius 1 is 1.00 bits per heavy atom. The molecular formula is C24H25ClF2N2O5. The molecule has 1 aliphatic carbocycles. The number of aliphatic carboxylic acids is 1. The number of hydrogen-bond acceptors (Lipinski definition) is 4. The number of aryl methyl sites for hydroxylation is 1. The highest BCUT2D eigenvalue weighted by Gasteiger charge is 2.28. The second-order valence-electron chi connectivity index (χ2n) is 8.17. The number of halogens is 3. The maximum atomic E-state index is 14.5. The lowest BCUT2D eigenvalue weighted by Crippen LogP contribution is -2.35. The van der Waals surface area contributed by atoms with Crippen LogP contribution in [0.3, 0.4) is 0 Å². The second kappa shape index (κ2) is 11.3. The number of ether oxygens (including phenoxy) is 1. The quantitative estimate of drug-likeness (QED) is 0.479. The highest BCUT2D eigenvalue weighted by Crippen LogP contribution is 2.30. The van der Waals surface area contributed by atoms with Gasteiger partial charge in [-0.05, 0) is 62.4 Å². The number of amides is 2. The monoisotopic (exact) mass is 494 g/mol. The molecule has 0 spiro atoms. The summed E-state index contributed by atoms with van der Waals surface area (Å²) in [5.74, 6) is -4.67. The summed E-state index contributed by atoms with van der Waals surface area (Å²) in [5, 5.41) is 14.6. The highest BCUT2D eigenvalue weighted by molar-refractivity contribution is 6.31. The molecule has 0 unspecified atom stereocenters. The lowest BCUT2D eigenvalue weighted by molar-refractivity contribution is -0.143. The van der Waals surface area contributed by atoms with Crippen LogP contribution in [0.2, 0.25) is 5.02 Å². The summed E-state index contributed by atoms with van der Waals surface area (Å²) in [6.45, 7) is 1.85. The van der Waals surface area contributed by atoms with Crippen molar-refractivity contribution in [3.63, 3.8) is 0 Å². The van der Waals surface area contributed by atoms with Gasteiger partial charge in [0, 0.05) is 29.7 Å². The fourth-order valence-electron chi connectivity index (χ4n) is 3.74. The van der Waals surface area contributed by atoms with Crippen LogP contribution in [0.5, 0.6) is 5.75 Å². The Hall–Kier alpha value is -3.20. The number of benzene rings is 2. The Balaban J connectivity index is 1.50. The van der Waals surface area contributed by atoms with E-state index in [9.17, 15) is 23.2 Å². The van der Waals surface area contributed by atoms with Crippen LogP contribution >= 0.6 is 11.6 Å². The van der Waals surface area contributed by atoms with Gasteiger partial charge in [-0.15, -0.1) is 0 Å². The summed E-state index contributed by atoms with van der Waals surface area (Å²) < 4.78 is 34.4. The maximum Gasteiger partial charge on any atom is 0.306 e. The van der Waals surface area contributed by atoms with Gasteiger partial charge in [0.15, 0.2) is 11.6 Å². The molecule has 0 saturated heterocycles. The van der Waals surface area contributed by atoms with Crippen molar-refractivity contribution in [1.82, 2.24) is 10.6 Å². The lowest BCUT2D eigenvalue weighted by Gasteiger charge is -2.27. The van der Waals surface area contributed by atoms with Gasteiger partial charge < -0.3 is 20.5 Å². The van der Waals surface area contributed by atoms with E-state index in [1.807, 2.05) is 0 Å². The molecule has 3 N–H and O–H groups in total. The third-order valence-corrected chi connectivity index (χ3v) is 6.12. The van der Waals surface area contributed by atoms with Gasteiger partial charge in [0.25, 0.3) is 11.8 Å². The van der Waals surface area contributed by atoms with Gasteiger partial charge in [0.1, 0.15) is 5.82 Å². The first kappa shape index (κ1) is 25.4. The van der Waals surface area contributed by atoms with Crippen molar-refractivity contribution in [2.45, 2.75) is 38.7 Å². The zero-order valence-electron chi connectivity index (χ0n) is 18.5. The first-order valence-electron chi connectivity index (χ1n) is 10.9. The molecule has 10 heteroatoms. The first-order chi connectivity index (χ1) is 16.2. The number of carboxylic acid groups (broad SMARTS) is 1. The van der Waals surface area contributed by atoms with Crippen molar-refractivity contribution in [2.75, 3.05) is 13.1 Å². The fourth-order valence-corrected chi connectivity index (χ4v) is 3.85. The van der Waals surface area contributed by atoms with E-state index in [0.717, 1.165) is 17.7 Å². The Bertz CT molecular complexity index is 1090. The number of hydrogen-bond donors (Lipinski definition) is 3. The Morgan fingerprint density at radius 2 is 1.65 bits per heavy atom. The van der Waals surface area contributed by atoms with Crippen molar-refractivity contribution in [3.8, 4) is 5.75 Å². The molecule has 1 saturated carbocycles. The third-order valence-electron chi connectivity index (χ3n) is 5.70. The van der Waals surface area contributed by atoms with Crippen molar-refractivity contribution < 1.29 is 33.0 Å². The number of rotatable bonds is 8. The summed E-state index contributed by atoms with van der Waals surface area (Å²) >= 11 is 5.94. The van der Waals surface area contributed by atoms with Crippen LogP contribution in [0.15, 0.2) is 30.3 Å². The van der Waals surface area contributed by atoms with E-state index in [0.29, 0.717) is 36.3 Å². The van der Waals surface area contributed by atoms with Gasteiger partial charge in [0.05, 0.1) is 17.6 Å². The predicted octanol–water partition coefficient (Wildman–Crippen LogP) is 4.11. The average molecular weight is 495 g/mol. The lowest BCUT2D eigenvalue weighted by atomic mass is 9.87. The molecule has 3 rings (SSSR count). The summed E-state index contributed by atoms with van der Waals surface area (Å²) in [6.07, 6.45) is 1.22. The molecular weight excluding hydrogens is 470 g/mol. The van der Waals surface area contributed by atoms with Crippen LogP contribution in [-0.2, 0) is 4.79 Å². The predicted molar refractivity (Wildman–Crippen MR) is 121 cm³/mol. The molecule has 34 heavy (non-hydrogen) atoms. The molecule has 182 valence electrons. The minimum absolute atomic E-state index is 0.00325. The topological polar surface area (TPSA) is 105 Å². The molecule has 0 atom stereocenters. The molecule has 0 aromatic heterocycles. The normalized spacial score (nSPS) is 17.6. The highest BCUT2D eigenvalue weighted by atomic mass is 35.5. The van der Waals surface area contributed by atoms with Crippen LogP contribution in [0.4, 0.5) is 8.78 Å². The fraction of sp³-hybridized carbons (Fsp3) is 0.375. The minimum atomic E-state index is -0.950. The Morgan fingerprint density at radius 3 is 2.26 bits per heavy atom. The van der Waals surface area contributed by atoms with E-state index < -0.39 is 41.1 Å². The van der Waals surface area contributed by atoms with Crippen LogP contribution in [0.1, 0.15) is 52.0 Å². The van der Waals surface area contributed by atoms with Crippen molar-refractivity contribution >= 4 is 29.4 Å². The molecule has 0 bridgehead atoms. The van der Waals surface area contributed by atoms with Gasteiger partial charge in [-0.1, -0.05) is 11.6 Å². The number of carbonyl (C=O) groups is 3. The van der Waals surface area contributed by atoms with E-state index in [-0.39, 0.29) is 24.7 Å². The molecule has 2 aromatic carbocycles. The number of carboxylic acids is 1. The smallest absolute Gasteiger partial charge is 0.306 e. The van der Waals surface area contributed by atoms with Gasteiger partial charge in [0.2, 0.25) is 0 Å². The Labute approximate surface area is 200 Å². The van der Waals surface area contributed by atoms with E-state index in [1.54, 1.807) is 25.1 Å². The van der Waals surface area contributed by atoms with E-state index in [4.69, 9.17) is 21.4 Å². The maximum absolute atomic E-state index is 14.5. The average Bonchev–Trinajstić information content (AvgIpc) is 2.80. The second-order valence-corrected chi connectivity index (χ2v) is 8.58. The summed E-state index contributed by atoms with van der Waals surface area (Å²) in [5.41, 5.74) is 0.674. The van der Waals surface area contributed by atoms with Crippen molar-refractivity contribution in [1.29, 1.82) is 0 Å². The summed E-state index contributed by atoms with van der Waals surface area (Å²) in [7, 11) is 0. The van der Waals surface area contributed by atoms with Crippen LogP contribution < -0.4 is 15.4 Å². The van der Waals surface area contributed by atoms with Crippen LogP contribution in [-0.4, -0.2) is 42.1 Å². The van der Waals surface area contributed by atoms with E-state index >= 15 is 0 Å². The van der Waals surface area contributed by atoms with Gasteiger partial charge in [-0.2, -0.15) is 0 Å². The number of carbonyl (C=O) groups excluding carboxylic acids is 2. The first-order valence-corrected chi connectivity index (χ1v) is 11.2. The molecule has 0 heterocycles. The third kappa shape index (κ3) is 6.44. The van der Waals surface area contributed by atoms with E-state index in [1.165, 1.54) is 0 Å². The van der Waals surface area contributed by atoms with Gasteiger partial charge >= 0.3 is 5.97 Å². The van der Waals surface area contributed by atoms with Crippen molar-refractivity contribution in [3.05, 3.63) is 63.7 Å². The molecule has 2 aromatic rings. The largest absolute Gasteiger partial charge is 0.487 e. The van der Waals surface area contributed by atoms with E-state index in [2.05, 4.69) is 10.6 Å². The standard InChI is InChI=1S/C24H25ClF2N2O5/c1-13-10-15(4-7-18(13)25)22(30)28-8-9-29-23(31)17-11-20(27)21(12-19(17)26)34-16-5-2-14(3-6-16)24(32)33/h4,7,10-12,14,16H,2-3,5-6,8-9H2,1H3,(H,28,30)(H,29,31)(H,32,33). The zero-order valence-corrected chi connectivity index (χ0v) is 19.3. The van der Waals surface area contributed by atoms with Crippen molar-refractivity contribution in [2.24, 2.45) is 5.92 Å². The van der Waals surface area contributed by atoms with Gasteiger partial charge in [-0.25, -0.2) is 8.78 Å². The van der Waals surface area contributed by atoms with Crippen LogP contribution in [0, 0.1) is 24.5 Å². The summed E-state index contributed by atoms with van der Waals surface area (Å²) in [6, 6.07) is 6.40. The van der Waals surface area contributed by atoms with Crippen LogP contribution in [0.25, 0.3) is 0 Å². The molecule has 2 amide bonds. The molecule has 1 fully saturated rings. The van der Waals surface area contributed by atoms with Gasteiger partial charge in [-0.3, -0.25) is 14.4 Å². The molecule has 1 aliphatic rings. The molecule has 7 nitrogen and oxygen atoms in total. The number of nitrogens with one attached hydrogen (secondary N) is 2. The minimum Gasteiger partial charge on any atom is -0.487 e. The zero-order chi connectivity index (χ0) is 24.8. The Kier molecular flexibility index (Phi) is 8.44. The SMILES string of the molecule is Cc1cc(C(=O)NCCNC(=O)c2cc(F)c(OC3CCC(C(=O)O)CC3)cc2F)ccc1Cl.